The van der Waals surface area contributed by atoms with Crippen molar-refractivity contribution >= 4 is 0 Å². The van der Waals surface area contributed by atoms with Crippen molar-refractivity contribution in [2.24, 2.45) is 5.92 Å². The van der Waals surface area contributed by atoms with Crippen LogP contribution in [0.2, 0.25) is 0 Å². The Bertz CT molecular complexity index is 390. The van der Waals surface area contributed by atoms with Crippen LogP contribution in [0.1, 0.15) is 45.6 Å². The minimum atomic E-state index is 0.595. The molecule has 3 atom stereocenters. The van der Waals surface area contributed by atoms with E-state index in [0.717, 1.165) is 5.92 Å². The second kappa shape index (κ2) is 8.55. The Hall–Kier alpha value is -0.860. The van der Waals surface area contributed by atoms with Crippen LogP contribution in [0, 0.1) is 5.92 Å². The highest BCUT2D eigenvalue weighted by molar-refractivity contribution is 5.14. The number of hydrogen-bond acceptors (Lipinski definition) is 2. The van der Waals surface area contributed by atoms with Gasteiger partial charge in [-0.3, -0.25) is 0 Å². The Labute approximate surface area is 130 Å². The molecule has 118 valence electrons. The van der Waals surface area contributed by atoms with Gasteiger partial charge in [-0.2, -0.15) is 0 Å². The van der Waals surface area contributed by atoms with Crippen LogP contribution in [0.5, 0.6) is 0 Å². The van der Waals surface area contributed by atoms with Gasteiger partial charge in [0.2, 0.25) is 0 Å². The third kappa shape index (κ3) is 5.44. The fourth-order valence-electron chi connectivity index (χ4n) is 3.48. The number of nitrogens with one attached hydrogen (secondary N) is 1. The molecule has 1 N–H and O–H groups in total. The third-order valence-corrected chi connectivity index (χ3v) is 4.95. The monoisotopic (exact) mass is 288 g/mol. The van der Waals surface area contributed by atoms with Crippen LogP contribution in [-0.2, 0) is 6.42 Å². The summed E-state index contributed by atoms with van der Waals surface area (Å²) in [5.74, 6) is 0.817. The standard InChI is InChI=1S/C19H32N2/c1-4-21-14-8-11-19(15-21)17(3)20-16(2)12-13-18-9-6-5-7-10-18/h5-7,9-10,16-17,19-20H,4,8,11-15H2,1-3H3. The fraction of sp³-hybridized carbons (Fsp3) is 0.684. The maximum absolute atomic E-state index is 3.84. The molecule has 1 aliphatic rings. The van der Waals surface area contributed by atoms with Crippen molar-refractivity contribution in [3.05, 3.63) is 35.9 Å². The van der Waals surface area contributed by atoms with Crippen LogP contribution in [0.3, 0.4) is 0 Å². The van der Waals surface area contributed by atoms with E-state index in [4.69, 9.17) is 0 Å². The molecule has 0 bridgehead atoms. The Kier molecular flexibility index (Phi) is 6.72. The van der Waals surface area contributed by atoms with E-state index in [1.54, 1.807) is 0 Å². The highest BCUT2D eigenvalue weighted by Gasteiger charge is 2.24. The largest absolute Gasteiger partial charge is 0.311 e. The molecular formula is C19H32N2. The zero-order chi connectivity index (χ0) is 15.1. The van der Waals surface area contributed by atoms with Crippen molar-refractivity contribution in [2.45, 2.75) is 58.5 Å². The molecular weight excluding hydrogens is 256 g/mol. The van der Waals surface area contributed by atoms with Gasteiger partial charge in [-0.05, 0) is 64.1 Å². The number of nitrogens with zero attached hydrogens (tertiary/aromatic N) is 1. The smallest absolute Gasteiger partial charge is 0.00816 e. The van der Waals surface area contributed by atoms with Gasteiger partial charge in [0.1, 0.15) is 0 Å². The van der Waals surface area contributed by atoms with E-state index >= 15 is 0 Å². The lowest BCUT2D eigenvalue weighted by Crippen LogP contribution is -2.46. The van der Waals surface area contributed by atoms with E-state index < -0.39 is 0 Å². The lowest BCUT2D eigenvalue weighted by Gasteiger charge is -2.36. The van der Waals surface area contributed by atoms with Gasteiger partial charge in [-0.15, -0.1) is 0 Å². The molecule has 1 fully saturated rings. The van der Waals surface area contributed by atoms with Gasteiger partial charge < -0.3 is 10.2 Å². The van der Waals surface area contributed by atoms with E-state index in [1.807, 2.05) is 0 Å². The van der Waals surface area contributed by atoms with E-state index in [0.29, 0.717) is 12.1 Å². The van der Waals surface area contributed by atoms with Crippen LogP contribution >= 0.6 is 0 Å². The number of benzene rings is 1. The van der Waals surface area contributed by atoms with Gasteiger partial charge in [0, 0.05) is 18.6 Å². The summed E-state index contributed by atoms with van der Waals surface area (Å²) >= 11 is 0. The van der Waals surface area contributed by atoms with Crippen molar-refractivity contribution < 1.29 is 0 Å². The summed E-state index contributed by atoms with van der Waals surface area (Å²) in [4.78, 5) is 2.60. The maximum atomic E-state index is 3.84. The molecule has 0 aromatic heterocycles. The fourth-order valence-corrected chi connectivity index (χ4v) is 3.48. The zero-order valence-corrected chi connectivity index (χ0v) is 14.0. The van der Waals surface area contributed by atoms with Crippen LogP contribution in [0.4, 0.5) is 0 Å². The maximum Gasteiger partial charge on any atom is 0.00816 e. The molecule has 1 aliphatic heterocycles. The quantitative estimate of drug-likeness (QED) is 0.822. The predicted molar refractivity (Wildman–Crippen MR) is 91.7 cm³/mol. The molecule has 1 aromatic rings. The number of rotatable bonds is 7. The van der Waals surface area contributed by atoms with Crippen LogP contribution in [-0.4, -0.2) is 36.6 Å². The van der Waals surface area contributed by atoms with Crippen LogP contribution in [0.15, 0.2) is 30.3 Å². The average molecular weight is 288 g/mol. The highest BCUT2D eigenvalue weighted by Crippen LogP contribution is 2.20. The third-order valence-electron chi connectivity index (χ3n) is 4.95. The van der Waals surface area contributed by atoms with E-state index in [1.165, 1.54) is 50.9 Å². The van der Waals surface area contributed by atoms with Crippen LogP contribution in [0.25, 0.3) is 0 Å². The molecule has 2 rings (SSSR count). The minimum absolute atomic E-state index is 0.595. The molecule has 0 saturated carbocycles. The average Bonchev–Trinajstić information content (AvgIpc) is 2.54. The summed E-state index contributed by atoms with van der Waals surface area (Å²) in [7, 11) is 0. The van der Waals surface area contributed by atoms with Gasteiger partial charge in [0.15, 0.2) is 0 Å². The first kappa shape index (κ1) is 16.5. The molecule has 0 amide bonds. The second-order valence-corrected chi connectivity index (χ2v) is 6.68. The molecule has 3 unspecified atom stereocenters. The first-order valence-electron chi connectivity index (χ1n) is 8.71. The molecule has 21 heavy (non-hydrogen) atoms. The molecule has 1 heterocycles. The van der Waals surface area contributed by atoms with E-state index in [2.05, 4.69) is 61.3 Å². The number of likely N-dealkylation sites (tertiary alicyclic amines) is 1. The number of hydrogen-bond donors (Lipinski definition) is 1. The first-order chi connectivity index (χ1) is 10.2. The van der Waals surface area contributed by atoms with E-state index in [9.17, 15) is 0 Å². The van der Waals surface area contributed by atoms with Gasteiger partial charge in [0.25, 0.3) is 0 Å². The summed E-state index contributed by atoms with van der Waals surface area (Å²) in [6.07, 6.45) is 5.14. The van der Waals surface area contributed by atoms with Crippen molar-refractivity contribution in [1.29, 1.82) is 0 Å². The molecule has 1 aromatic carbocycles. The Morgan fingerprint density at radius 1 is 1.24 bits per heavy atom. The lowest BCUT2D eigenvalue weighted by molar-refractivity contribution is 0.153. The molecule has 0 aliphatic carbocycles. The summed E-state index contributed by atoms with van der Waals surface area (Å²) < 4.78 is 0. The van der Waals surface area contributed by atoms with E-state index in [-0.39, 0.29) is 0 Å². The van der Waals surface area contributed by atoms with Crippen molar-refractivity contribution in [3.63, 3.8) is 0 Å². The summed E-state index contributed by atoms with van der Waals surface area (Å²) in [5, 5.41) is 3.84. The Balaban J connectivity index is 1.72. The highest BCUT2D eigenvalue weighted by atomic mass is 15.1. The van der Waals surface area contributed by atoms with Crippen molar-refractivity contribution in [1.82, 2.24) is 10.2 Å². The van der Waals surface area contributed by atoms with Crippen molar-refractivity contribution in [3.8, 4) is 0 Å². The molecule has 1 saturated heterocycles. The molecule has 0 radical (unpaired) electrons. The summed E-state index contributed by atoms with van der Waals surface area (Å²) in [6.45, 7) is 10.8. The van der Waals surface area contributed by atoms with Gasteiger partial charge in [0.05, 0.1) is 0 Å². The van der Waals surface area contributed by atoms with Gasteiger partial charge in [-0.25, -0.2) is 0 Å². The normalized spacial score (nSPS) is 22.9. The Morgan fingerprint density at radius 3 is 2.71 bits per heavy atom. The minimum Gasteiger partial charge on any atom is -0.311 e. The Morgan fingerprint density at radius 2 is 2.00 bits per heavy atom. The van der Waals surface area contributed by atoms with Gasteiger partial charge >= 0.3 is 0 Å². The van der Waals surface area contributed by atoms with Crippen LogP contribution < -0.4 is 5.32 Å². The zero-order valence-electron chi connectivity index (χ0n) is 14.0. The molecule has 2 nitrogen and oxygen atoms in total. The number of aryl methyl sites for hydroxylation is 1. The van der Waals surface area contributed by atoms with Gasteiger partial charge in [-0.1, -0.05) is 37.3 Å². The second-order valence-electron chi connectivity index (χ2n) is 6.68. The lowest BCUT2D eigenvalue weighted by atomic mass is 9.91. The topological polar surface area (TPSA) is 15.3 Å². The molecule has 0 spiro atoms. The SMILES string of the molecule is CCN1CCCC(C(C)NC(C)CCc2ccccc2)C1. The van der Waals surface area contributed by atoms with Crippen molar-refractivity contribution in [2.75, 3.05) is 19.6 Å². The summed E-state index contributed by atoms with van der Waals surface area (Å²) in [5.41, 5.74) is 1.45. The molecule has 2 heteroatoms. The first-order valence-corrected chi connectivity index (χ1v) is 8.71. The number of piperidine rings is 1. The summed E-state index contributed by atoms with van der Waals surface area (Å²) in [6, 6.07) is 12.1. The predicted octanol–water partition coefficient (Wildman–Crippen LogP) is 3.72.